The predicted molar refractivity (Wildman–Crippen MR) is 73.1 cm³/mol. The van der Waals surface area contributed by atoms with E-state index >= 15 is 0 Å². The molecule has 0 saturated carbocycles. The third kappa shape index (κ3) is 5.32. The van der Waals surface area contributed by atoms with E-state index in [0.717, 1.165) is 12.0 Å². The fourth-order valence-corrected chi connectivity index (χ4v) is 1.95. The summed E-state index contributed by atoms with van der Waals surface area (Å²) in [6, 6.07) is 9.17. The maximum absolute atomic E-state index is 11.8. The third-order valence-corrected chi connectivity index (χ3v) is 2.72. The molecule has 0 fully saturated rings. The Morgan fingerprint density at radius 2 is 1.83 bits per heavy atom. The number of nitrogens with two attached hydrogens (primary N) is 1. The molecule has 0 saturated heterocycles. The maximum atomic E-state index is 11.8. The van der Waals surface area contributed by atoms with Crippen LogP contribution in [0.25, 0.3) is 0 Å². The molecule has 3 nitrogen and oxygen atoms in total. The van der Waals surface area contributed by atoms with Crippen LogP contribution < -0.4 is 5.73 Å². The van der Waals surface area contributed by atoms with Crippen molar-refractivity contribution in [3.05, 3.63) is 35.9 Å². The van der Waals surface area contributed by atoms with E-state index in [2.05, 4.69) is 13.8 Å². The number of carbonyl (C=O) groups is 1. The highest BCUT2D eigenvalue weighted by Gasteiger charge is 2.18. The Kier molecular flexibility index (Phi) is 5.86. The van der Waals surface area contributed by atoms with Crippen molar-refractivity contribution in [2.45, 2.75) is 45.8 Å². The average Bonchev–Trinajstić information content (AvgIpc) is 2.28. The summed E-state index contributed by atoms with van der Waals surface area (Å²) in [5.41, 5.74) is 6.91. The summed E-state index contributed by atoms with van der Waals surface area (Å²) in [6.07, 6.45) is 1.32. The minimum Gasteiger partial charge on any atom is -0.461 e. The quantitative estimate of drug-likeness (QED) is 0.788. The SMILES string of the molecule is CC(C)CC(C)OC(=O)C(N)Cc1ccccc1. The van der Waals surface area contributed by atoms with Gasteiger partial charge in [0.2, 0.25) is 0 Å². The van der Waals surface area contributed by atoms with Crippen LogP contribution in [-0.2, 0) is 16.0 Å². The Morgan fingerprint density at radius 1 is 1.22 bits per heavy atom. The summed E-state index contributed by atoms with van der Waals surface area (Å²) < 4.78 is 5.33. The van der Waals surface area contributed by atoms with E-state index in [-0.39, 0.29) is 12.1 Å². The number of esters is 1. The van der Waals surface area contributed by atoms with Crippen LogP contribution in [0.5, 0.6) is 0 Å². The second-order valence-electron chi connectivity index (χ2n) is 5.17. The highest BCUT2D eigenvalue weighted by atomic mass is 16.5. The van der Waals surface area contributed by atoms with E-state index in [1.807, 2.05) is 37.3 Å². The molecular weight excluding hydrogens is 226 g/mol. The zero-order valence-corrected chi connectivity index (χ0v) is 11.4. The zero-order valence-electron chi connectivity index (χ0n) is 11.4. The number of hydrogen-bond acceptors (Lipinski definition) is 3. The number of benzene rings is 1. The fraction of sp³-hybridized carbons (Fsp3) is 0.533. The van der Waals surface area contributed by atoms with E-state index < -0.39 is 6.04 Å². The van der Waals surface area contributed by atoms with Crippen LogP contribution in [0.4, 0.5) is 0 Å². The van der Waals surface area contributed by atoms with Crippen molar-refractivity contribution in [1.82, 2.24) is 0 Å². The van der Waals surface area contributed by atoms with E-state index in [0.29, 0.717) is 12.3 Å². The molecule has 2 atom stereocenters. The molecule has 100 valence electrons. The Morgan fingerprint density at radius 3 is 2.39 bits per heavy atom. The van der Waals surface area contributed by atoms with Crippen molar-refractivity contribution in [2.75, 3.05) is 0 Å². The van der Waals surface area contributed by atoms with Crippen molar-refractivity contribution in [1.29, 1.82) is 0 Å². The summed E-state index contributed by atoms with van der Waals surface area (Å²) in [4.78, 5) is 11.8. The van der Waals surface area contributed by atoms with E-state index in [4.69, 9.17) is 10.5 Å². The molecule has 0 radical (unpaired) electrons. The van der Waals surface area contributed by atoms with Crippen LogP contribution in [0.2, 0.25) is 0 Å². The molecule has 0 aliphatic heterocycles. The summed E-state index contributed by atoms with van der Waals surface area (Å²) >= 11 is 0. The number of hydrogen-bond donors (Lipinski definition) is 1. The first-order chi connectivity index (χ1) is 8.49. The van der Waals surface area contributed by atoms with Crippen LogP contribution in [-0.4, -0.2) is 18.1 Å². The van der Waals surface area contributed by atoms with Gasteiger partial charge in [-0.05, 0) is 31.2 Å². The van der Waals surface area contributed by atoms with Gasteiger partial charge in [0, 0.05) is 0 Å². The zero-order chi connectivity index (χ0) is 13.5. The Bertz CT molecular complexity index is 362. The third-order valence-electron chi connectivity index (χ3n) is 2.72. The van der Waals surface area contributed by atoms with Gasteiger partial charge in [-0.15, -0.1) is 0 Å². The lowest BCUT2D eigenvalue weighted by Crippen LogP contribution is -2.36. The van der Waals surface area contributed by atoms with Gasteiger partial charge >= 0.3 is 5.97 Å². The Balaban J connectivity index is 2.42. The van der Waals surface area contributed by atoms with Gasteiger partial charge in [0.25, 0.3) is 0 Å². The number of rotatable bonds is 6. The molecule has 3 heteroatoms. The van der Waals surface area contributed by atoms with Gasteiger partial charge in [-0.25, -0.2) is 0 Å². The van der Waals surface area contributed by atoms with Gasteiger partial charge in [-0.2, -0.15) is 0 Å². The maximum Gasteiger partial charge on any atom is 0.323 e. The lowest BCUT2D eigenvalue weighted by atomic mass is 10.1. The molecule has 1 aromatic rings. The largest absolute Gasteiger partial charge is 0.461 e. The molecule has 0 amide bonds. The van der Waals surface area contributed by atoms with Gasteiger partial charge in [0.05, 0.1) is 6.10 Å². The fourth-order valence-electron chi connectivity index (χ4n) is 1.95. The van der Waals surface area contributed by atoms with Crippen molar-refractivity contribution in [2.24, 2.45) is 11.7 Å². The Hall–Kier alpha value is -1.35. The van der Waals surface area contributed by atoms with Gasteiger partial charge < -0.3 is 10.5 Å². The molecule has 2 N–H and O–H groups in total. The second kappa shape index (κ2) is 7.17. The van der Waals surface area contributed by atoms with Crippen molar-refractivity contribution < 1.29 is 9.53 Å². The molecule has 0 spiro atoms. The summed E-state index contributed by atoms with van der Waals surface area (Å²) in [6.45, 7) is 6.12. The highest BCUT2D eigenvalue weighted by Crippen LogP contribution is 2.09. The molecule has 0 heterocycles. The smallest absolute Gasteiger partial charge is 0.323 e. The molecule has 2 unspecified atom stereocenters. The molecule has 1 aromatic carbocycles. The first-order valence-corrected chi connectivity index (χ1v) is 6.49. The molecule has 0 aliphatic carbocycles. The van der Waals surface area contributed by atoms with Crippen LogP contribution in [0.3, 0.4) is 0 Å². The lowest BCUT2D eigenvalue weighted by molar-refractivity contribution is -0.150. The van der Waals surface area contributed by atoms with Gasteiger partial charge in [-0.3, -0.25) is 4.79 Å². The minimum absolute atomic E-state index is 0.0701. The summed E-state index contributed by atoms with van der Waals surface area (Å²) in [5.74, 6) is 0.199. The van der Waals surface area contributed by atoms with Crippen LogP contribution >= 0.6 is 0 Å². The average molecular weight is 249 g/mol. The number of ether oxygens (including phenoxy) is 1. The highest BCUT2D eigenvalue weighted by molar-refractivity contribution is 5.76. The molecule has 0 aromatic heterocycles. The standard InChI is InChI=1S/C15H23NO2/c1-11(2)9-12(3)18-15(17)14(16)10-13-7-5-4-6-8-13/h4-8,11-12,14H,9-10,16H2,1-3H3. The monoisotopic (exact) mass is 249 g/mol. The van der Waals surface area contributed by atoms with Crippen molar-refractivity contribution >= 4 is 5.97 Å². The first-order valence-electron chi connectivity index (χ1n) is 6.49. The van der Waals surface area contributed by atoms with Crippen LogP contribution in [0.1, 0.15) is 32.8 Å². The van der Waals surface area contributed by atoms with Crippen LogP contribution in [0.15, 0.2) is 30.3 Å². The number of carbonyl (C=O) groups excluding carboxylic acids is 1. The minimum atomic E-state index is -0.581. The van der Waals surface area contributed by atoms with E-state index in [1.54, 1.807) is 0 Å². The molecule has 1 rings (SSSR count). The molecule has 0 bridgehead atoms. The predicted octanol–water partition coefficient (Wildman–Crippen LogP) is 2.53. The molecular formula is C15H23NO2. The first kappa shape index (κ1) is 14.7. The second-order valence-corrected chi connectivity index (χ2v) is 5.17. The van der Waals surface area contributed by atoms with Crippen LogP contribution in [0, 0.1) is 5.92 Å². The van der Waals surface area contributed by atoms with Gasteiger partial charge in [0.1, 0.15) is 6.04 Å². The Labute approximate surface area is 109 Å². The van der Waals surface area contributed by atoms with E-state index in [9.17, 15) is 4.79 Å². The van der Waals surface area contributed by atoms with Gasteiger partial charge in [-0.1, -0.05) is 44.2 Å². The summed E-state index contributed by atoms with van der Waals surface area (Å²) in [7, 11) is 0. The van der Waals surface area contributed by atoms with Crippen molar-refractivity contribution in [3.8, 4) is 0 Å². The van der Waals surface area contributed by atoms with E-state index in [1.165, 1.54) is 0 Å². The summed E-state index contributed by atoms with van der Waals surface area (Å²) in [5, 5.41) is 0. The molecule has 0 aliphatic rings. The lowest BCUT2D eigenvalue weighted by Gasteiger charge is -2.18. The normalized spacial score (nSPS) is 14.3. The van der Waals surface area contributed by atoms with Gasteiger partial charge in [0.15, 0.2) is 0 Å². The molecule has 18 heavy (non-hydrogen) atoms. The van der Waals surface area contributed by atoms with Crippen molar-refractivity contribution in [3.63, 3.8) is 0 Å². The topological polar surface area (TPSA) is 52.3 Å².